The van der Waals surface area contributed by atoms with Gasteiger partial charge in [0.05, 0.1) is 30.2 Å². The van der Waals surface area contributed by atoms with Gasteiger partial charge < -0.3 is 9.26 Å². The highest BCUT2D eigenvalue weighted by molar-refractivity contribution is 5.63. The summed E-state index contributed by atoms with van der Waals surface area (Å²) in [6.45, 7) is 8.83. The van der Waals surface area contributed by atoms with Gasteiger partial charge in [0.1, 0.15) is 5.75 Å². The maximum absolute atomic E-state index is 5.68. The summed E-state index contributed by atoms with van der Waals surface area (Å²) in [5.41, 5.74) is 4.41. The van der Waals surface area contributed by atoms with Crippen LogP contribution in [0.4, 0.5) is 0 Å². The average molecular weight is 380 g/mol. The van der Waals surface area contributed by atoms with Gasteiger partial charge >= 0.3 is 0 Å². The SMILES string of the molecule is CCOc1ccc(-c2[nH]ncc2CN2CCC[C@H]2c2cc(C(C)C)no2)cc1. The first kappa shape index (κ1) is 18.7. The van der Waals surface area contributed by atoms with Crippen LogP contribution in [-0.2, 0) is 6.54 Å². The Balaban J connectivity index is 1.52. The summed E-state index contributed by atoms with van der Waals surface area (Å²) in [6, 6.07) is 10.6. The van der Waals surface area contributed by atoms with Crippen LogP contribution in [0.5, 0.6) is 5.75 Å². The number of nitrogens with one attached hydrogen (secondary N) is 1. The molecule has 0 saturated carbocycles. The minimum absolute atomic E-state index is 0.281. The monoisotopic (exact) mass is 380 g/mol. The third-order valence-corrected chi connectivity index (χ3v) is 5.38. The summed E-state index contributed by atoms with van der Waals surface area (Å²) in [5, 5.41) is 11.7. The molecule has 3 heterocycles. The third-order valence-electron chi connectivity index (χ3n) is 5.38. The van der Waals surface area contributed by atoms with E-state index in [4.69, 9.17) is 9.26 Å². The van der Waals surface area contributed by atoms with E-state index in [1.54, 1.807) is 0 Å². The van der Waals surface area contributed by atoms with E-state index in [2.05, 4.69) is 52.3 Å². The van der Waals surface area contributed by atoms with Crippen LogP contribution >= 0.6 is 0 Å². The van der Waals surface area contributed by atoms with Gasteiger partial charge in [0.2, 0.25) is 0 Å². The molecule has 148 valence electrons. The molecule has 1 fully saturated rings. The highest BCUT2D eigenvalue weighted by Gasteiger charge is 2.30. The molecule has 2 aromatic heterocycles. The molecule has 1 aliphatic heterocycles. The molecule has 0 aliphatic carbocycles. The first-order chi connectivity index (χ1) is 13.7. The van der Waals surface area contributed by atoms with Crippen LogP contribution < -0.4 is 4.74 Å². The molecular weight excluding hydrogens is 352 g/mol. The topological polar surface area (TPSA) is 67.2 Å². The van der Waals surface area contributed by atoms with Crippen LogP contribution in [0.2, 0.25) is 0 Å². The molecule has 4 rings (SSSR count). The van der Waals surface area contributed by atoms with Crippen molar-refractivity contribution in [3.05, 3.63) is 53.5 Å². The van der Waals surface area contributed by atoms with Crippen molar-refractivity contribution >= 4 is 0 Å². The van der Waals surface area contributed by atoms with Crippen molar-refractivity contribution in [1.29, 1.82) is 0 Å². The van der Waals surface area contributed by atoms with E-state index in [1.165, 1.54) is 12.0 Å². The number of ether oxygens (including phenoxy) is 1. The average Bonchev–Trinajstić information content (AvgIpc) is 3.43. The Hall–Kier alpha value is -2.60. The Morgan fingerprint density at radius 2 is 2.11 bits per heavy atom. The van der Waals surface area contributed by atoms with Gasteiger partial charge in [0.25, 0.3) is 0 Å². The van der Waals surface area contributed by atoms with E-state index < -0.39 is 0 Å². The number of nitrogens with zero attached hydrogens (tertiary/aromatic N) is 3. The number of rotatable bonds is 7. The number of aromatic amines is 1. The fourth-order valence-electron chi connectivity index (χ4n) is 3.85. The first-order valence-electron chi connectivity index (χ1n) is 10.1. The predicted molar refractivity (Wildman–Crippen MR) is 108 cm³/mol. The normalized spacial score (nSPS) is 17.5. The lowest BCUT2D eigenvalue weighted by atomic mass is 10.1. The van der Waals surface area contributed by atoms with Crippen molar-refractivity contribution in [2.75, 3.05) is 13.2 Å². The summed E-state index contributed by atoms with van der Waals surface area (Å²) in [5.74, 6) is 2.25. The summed E-state index contributed by atoms with van der Waals surface area (Å²) in [7, 11) is 0. The van der Waals surface area contributed by atoms with Gasteiger partial charge in [-0.05, 0) is 56.5 Å². The molecule has 0 spiro atoms. The van der Waals surface area contributed by atoms with Crippen molar-refractivity contribution in [2.24, 2.45) is 0 Å². The number of H-pyrrole nitrogens is 1. The van der Waals surface area contributed by atoms with Crippen LogP contribution in [0.25, 0.3) is 11.3 Å². The zero-order valence-corrected chi connectivity index (χ0v) is 16.8. The van der Waals surface area contributed by atoms with Gasteiger partial charge in [0.15, 0.2) is 5.76 Å². The molecule has 1 N–H and O–H groups in total. The van der Waals surface area contributed by atoms with Crippen LogP contribution in [0.3, 0.4) is 0 Å². The highest BCUT2D eigenvalue weighted by atomic mass is 16.5. The zero-order chi connectivity index (χ0) is 19.5. The molecule has 6 heteroatoms. The lowest BCUT2D eigenvalue weighted by Crippen LogP contribution is -2.22. The molecule has 3 aromatic rings. The zero-order valence-electron chi connectivity index (χ0n) is 16.8. The molecule has 0 bridgehead atoms. The molecule has 28 heavy (non-hydrogen) atoms. The van der Waals surface area contributed by atoms with E-state index in [0.717, 1.165) is 48.0 Å². The van der Waals surface area contributed by atoms with Crippen molar-refractivity contribution in [1.82, 2.24) is 20.3 Å². The lowest BCUT2D eigenvalue weighted by molar-refractivity contribution is 0.206. The van der Waals surface area contributed by atoms with Crippen LogP contribution in [0.1, 0.15) is 62.6 Å². The molecule has 6 nitrogen and oxygen atoms in total. The molecule has 0 radical (unpaired) electrons. The maximum Gasteiger partial charge on any atom is 0.154 e. The van der Waals surface area contributed by atoms with E-state index in [1.807, 2.05) is 25.3 Å². The maximum atomic E-state index is 5.68. The van der Waals surface area contributed by atoms with Crippen LogP contribution in [-0.4, -0.2) is 33.4 Å². The molecule has 0 unspecified atom stereocenters. The summed E-state index contributed by atoms with van der Waals surface area (Å²) in [6.07, 6.45) is 4.20. The Kier molecular flexibility index (Phi) is 5.48. The largest absolute Gasteiger partial charge is 0.494 e. The molecule has 1 aromatic carbocycles. The first-order valence-corrected chi connectivity index (χ1v) is 10.1. The number of aromatic nitrogens is 3. The van der Waals surface area contributed by atoms with Crippen molar-refractivity contribution < 1.29 is 9.26 Å². The van der Waals surface area contributed by atoms with Gasteiger partial charge in [-0.3, -0.25) is 10.00 Å². The molecule has 1 aliphatic rings. The second-order valence-electron chi connectivity index (χ2n) is 7.66. The Morgan fingerprint density at radius 1 is 1.29 bits per heavy atom. The second kappa shape index (κ2) is 8.19. The number of hydrogen-bond acceptors (Lipinski definition) is 5. The minimum atomic E-state index is 0.281. The fraction of sp³-hybridized carbons (Fsp3) is 0.455. The van der Waals surface area contributed by atoms with Gasteiger partial charge in [0, 0.05) is 23.7 Å². The number of benzene rings is 1. The van der Waals surface area contributed by atoms with E-state index in [-0.39, 0.29) is 6.04 Å². The smallest absolute Gasteiger partial charge is 0.154 e. The molecule has 1 saturated heterocycles. The molecule has 1 atom stereocenters. The third kappa shape index (κ3) is 3.83. The Bertz CT molecular complexity index is 897. The predicted octanol–water partition coefficient (Wildman–Crippen LogP) is 4.92. The number of likely N-dealkylation sites (tertiary alicyclic amines) is 1. The van der Waals surface area contributed by atoms with Gasteiger partial charge in [-0.25, -0.2) is 0 Å². The number of hydrogen-bond donors (Lipinski definition) is 1. The van der Waals surface area contributed by atoms with E-state index >= 15 is 0 Å². The lowest BCUT2D eigenvalue weighted by Gasteiger charge is -2.22. The van der Waals surface area contributed by atoms with Gasteiger partial charge in [-0.15, -0.1) is 0 Å². The van der Waals surface area contributed by atoms with Crippen molar-refractivity contribution in [3.8, 4) is 17.0 Å². The van der Waals surface area contributed by atoms with Gasteiger partial charge in [-0.2, -0.15) is 5.10 Å². The quantitative estimate of drug-likeness (QED) is 0.630. The Labute approximate surface area is 165 Å². The Morgan fingerprint density at radius 3 is 2.82 bits per heavy atom. The summed E-state index contributed by atoms with van der Waals surface area (Å²) >= 11 is 0. The standard InChI is InChI=1S/C22H28N4O2/c1-4-27-18-9-7-16(8-10-18)22-17(13-23-24-22)14-26-11-5-6-20(26)21-12-19(15(2)3)25-28-21/h7-10,12-13,15,20H,4-6,11,14H2,1-3H3,(H,23,24)/t20-/m0/s1. The van der Waals surface area contributed by atoms with Crippen molar-refractivity contribution in [2.45, 2.75) is 52.1 Å². The fourth-order valence-corrected chi connectivity index (χ4v) is 3.85. The summed E-state index contributed by atoms with van der Waals surface area (Å²) in [4.78, 5) is 2.47. The second-order valence-corrected chi connectivity index (χ2v) is 7.66. The van der Waals surface area contributed by atoms with Crippen molar-refractivity contribution in [3.63, 3.8) is 0 Å². The van der Waals surface area contributed by atoms with E-state index in [0.29, 0.717) is 12.5 Å². The minimum Gasteiger partial charge on any atom is -0.494 e. The van der Waals surface area contributed by atoms with Crippen LogP contribution in [0.15, 0.2) is 41.1 Å². The van der Waals surface area contributed by atoms with Crippen LogP contribution in [0, 0.1) is 0 Å². The van der Waals surface area contributed by atoms with E-state index in [9.17, 15) is 0 Å². The molecular formula is C22H28N4O2. The van der Waals surface area contributed by atoms with Gasteiger partial charge in [-0.1, -0.05) is 19.0 Å². The summed E-state index contributed by atoms with van der Waals surface area (Å²) < 4.78 is 11.2. The highest BCUT2D eigenvalue weighted by Crippen LogP contribution is 2.35. The molecule has 0 amide bonds.